The zero-order chi connectivity index (χ0) is 16.2. The Kier molecular flexibility index (Phi) is 6.06. The topological polar surface area (TPSA) is 15.3 Å². The van der Waals surface area contributed by atoms with Gasteiger partial charge in [0.1, 0.15) is 0 Å². The van der Waals surface area contributed by atoms with Crippen LogP contribution in [-0.4, -0.2) is 31.1 Å². The number of piperazine rings is 1. The molecule has 2 rings (SSSR count). The van der Waals surface area contributed by atoms with E-state index >= 15 is 0 Å². The molecule has 22 heavy (non-hydrogen) atoms. The van der Waals surface area contributed by atoms with E-state index in [0.717, 1.165) is 45.1 Å². The maximum atomic E-state index is 13.0. The summed E-state index contributed by atoms with van der Waals surface area (Å²) in [7, 11) is 0. The predicted molar refractivity (Wildman–Crippen MR) is 85.8 cm³/mol. The monoisotopic (exact) mass is 376 g/mol. The molecule has 2 nitrogen and oxygen atoms in total. The maximum absolute atomic E-state index is 13.0. The minimum atomic E-state index is -4.33. The van der Waals surface area contributed by atoms with Gasteiger partial charge in [-0.25, -0.2) is 0 Å². The van der Waals surface area contributed by atoms with Crippen LogP contribution in [0, 0.1) is 0 Å². The summed E-state index contributed by atoms with van der Waals surface area (Å²) in [5, 5.41) is 3.27. The van der Waals surface area contributed by atoms with Crippen LogP contribution in [0.1, 0.15) is 30.0 Å². The highest BCUT2D eigenvalue weighted by molar-refractivity contribution is 9.10. The lowest BCUT2D eigenvalue weighted by Crippen LogP contribution is -2.45. The van der Waals surface area contributed by atoms with Gasteiger partial charge in [-0.15, -0.1) is 6.58 Å². The van der Waals surface area contributed by atoms with Gasteiger partial charge >= 0.3 is 6.18 Å². The smallest absolute Gasteiger partial charge is 0.314 e. The van der Waals surface area contributed by atoms with Crippen LogP contribution < -0.4 is 5.32 Å². The van der Waals surface area contributed by atoms with Crippen molar-refractivity contribution in [3.8, 4) is 0 Å². The minimum absolute atomic E-state index is 0.0151. The van der Waals surface area contributed by atoms with Gasteiger partial charge in [0.2, 0.25) is 0 Å². The Bertz CT molecular complexity index is 511. The lowest BCUT2D eigenvalue weighted by Gasteiger charge is -2.35. The summed E-state index contributed by atoms with van der Waals surface area (Å²) < 4.78 is 39.6. The van der Waals surface area contributed by atoms with Gasteiger partial charge in [-0.2, -0.15) is 13.2 Å². The van der Waals surface area contributed by atoms with E-state index in [2.05, 4.69) is 32.7 Å². The molecule has 1 heterocycles. The van der Waals surface area contributed by atoms with Crippen molar-refractivity contribution >= 4 is 15.9 Å². The molecule has 0 saturated carbocycles. The van der Waals surface area contributed by atoms with Crippen LogP contribution in [0.25, 0.3) is 0 Å². The minimum Gasteiger partial charge on any atom is -0.314 e. The molecule has 1 aromatic rings. The van der Waals surface area contributed by atoms with E-state index in [1.807, 2.05) is 6.08 Å². The van der Waals surface area contributed by atoms with Gasteiger partial charge in [-0.3, -0.25) is 4.90 Å². The van der Waals surface area contributed by atoms with E-state index in [1.54, 1.807) is 6.07 Å². The van der Waals surface area contributed by atoms with Crippen molar-refractivity contribution in [2.75, 3.05) is 26.2 Å². The van der Waals surface area contributed by atoms with Gasteiger partial charge in [0.25, 0.3) is 0 Å². The first-order chi connectivity index (χ1) is 10.4. The molecule has 1 fully saturated rings. The molecule has 0 bridgehead atoms. The summed E-state index contributed by atoms with van der Waals surface area (Å²) in [4.78, 5) is 2.25. The number of alkyl halides is 3. The third kappa shape index (κ3) is 4.57. The fourth-order valence-corrected chi connectivity index (χ4v) is 3.31. The summed E-state index contributed by atoms with van der Waals surface area (Å²) in [6, 6.07) is 4.19. The second-order valence-electron chi connectivity index (χ2n) is 5.44. The molecule has 0 aliphatic carbocycles. The van der Waals surface area contributed by atoms with Gasteiger partial charge in [-0.05, 0) is 36.6 Å². The maximum Gasteiger partial charge on any atom is 0.416 e. The average Bonchev–Trinajstić information content (AvgIpc) is 2.47. The first-order valence-corrected chi connectivity index (χ1v) is 8.14. The van der Waals surface area contributed by atoms with Crippen LogP contribution in [0.15, 0.2) is 35.3 Å². The Labute approximate surface area is 137 Å². The number of benzene rings is 1. The number of rotatable bonds is 5. The van der Waals surface area contributed by atoms with E-state index in [4.69, 9.17) is 0 Å². The third-order valence-electron chi connectivity index (χ3n) is 3.87. The van der Waals surface area contributed by atoms with Gasteiger partial charge < -0.3 is 5.32 Å². The van der Waals surface area contributed by atoms with Crippen molar-refractivity contribution in [3.05, 3.63) is 46.5 Å². The Morgan fingerprint density at radius 2 is 1.95 bits per heavy atom. The fraction of sp³-hybridized carbons (Fsp3) is 0.500. The summed E-state index contributed by atoms with van der Waals surface area (Å²) >= 11 is 3.21. The molecule has 122 valence electrons. The Balaban J connectivity index is 2.33. The van der Waals surface area contributed by atoms with E-state index in [1.165, 1.54) is 6.07 Å². The molecule has 1 aliphatic rings. The zero-order valence-corrected chi connectivity index (χ0v) is 13.9. The Morgan fingerprint density at radius 3 is 2.55 bits per heavy atom. The van der Waals surface area contributed by atoms with E-state index < -0.39 is 11.7 Å². The van der Waals surface area contributed by atoms with Crippen molar-refractivity contribution in [2.24, 2.45) is 0 Å². The van der Waals surface area contributed by atoms with Crippen molar-refractivity contribution in [2.45, 2.75) is 25.1 Å². The Hall–Kier alpha value is -0.850. The molecule has 1 saturated heterocycles. The van der Waals surface area contributed by atoms with E-state index in [-0.39, 0.29) is 6.04 Å². The van der Waals surface area contributed by atoms with Crippen LogP contribution in [-0.2, 0) is 6.18 Å². The molecule has 1 N–H and O–H groups in total. The van der Waals surface area contributed by atoms with Crippen molar-refractivity contribution in [1.29, 1.82) is 0 Å². The molecular formula is C16H20BrF3N2. The van der Waals surface area contributed by atoms with Crippen molar-refractivity contribution in [3.63, 3.8) is 0 Å². The summed E-state index contributed by atoms with van der Waals surface area (Å²) in [5.41, 5.74) is 0.112. The molecule has 6 heteroatoms. The highest BCUT2D eigenvalue weighted by Crippen LogP contribution is 2.36. The molecule has 0 amide bonds. The van der Waals surface area contributed by atoms with Gasteiger partial charge in [0, 0.05) is 36.7 Å². The van der Waals surface area contributed by atoms with E-state index in [9.17, 15) is 13.2 Å². The molecule has 0 radical (unpaired) electrons. The number of allylic oxidation sites excluding steroid dienone is 1. The second kappa shape index (κ2) is 7.62. The number of halogens is 4. The Morgan fingerprint density at radius 1 is 1.27 bits per heavy atom. The normalized spacial score (nSPS) is 18.2. The molecule has 1 aromatic carbocycles. The van der Waals surface area contributed by atoms with Crippen LogP contribution >= 0.6 is 15.9 Å². The highest BCUT2D eigenvalue weighted by Gasteiger charge is 2.32. The van der Waals surface area contributed by atoms with Crippen LogP contribution in [0.5, 0.6) is 0 Å². The molecule has 0 spiro atoms. The third-order valence-corrected chi connectivity index (χ3v) is 4.33. The quantitative estimate of drug-likeness (QED) is 0.767. The average molecular weight is 377 g/mol. The van der Waals surface area contributed by atoms with Gasteiger partial charge in [0.15, 0.2) is 0 Å². The second-order valence-corrected chi connectivity index (χ2v) is 6.35. The van der Waals surface area contributed by atoms with Crippen LogP contribution in [0.3, 0.4) is 0 Å². The molecule has 1 atom stereocenters. The van der Waals surface area contributed by atoms with Gasteiger partial charge in [-0.1, -0.05) is 22.0 Å². The standard InChI is InChI=1S/C16H20BrF3N2/c1-2-3-4-15(22-7-5-21-6-8-22)12-9-13(16(18,19)20)11-14(17)10-12/h2,9-11,15,21H,1,3-8H2/t15-/m0/s1. The summed E-state index contributed by atoms with van der Waals surface area (Å²) in [5.74, 6) is 0. The molecule has 0 aromatic heterocycles. The first-order valence-electron chi connectivity index (χ1n) is 7.35. The van der Waals surface area contributed by atoms with E-state index in [0.29, 0.717) is 10.0 Å². The zero-order valence-electron chi connectivity index (χ0n) is 12.3. The van der Waals surface area contributed by atoms with Crippen LogP contribution in [0.4, 0.5) is 13.2 Å². The lowest BCUT2D eigenvalue weighted by molar-refractivity contribution is -0.137. The summed E-state index contributed by atoms with van der Waals surface area (Å²) in [6.45, 7) is 7.14. The fourth-order valence-electron chi connectivity index (χ4n) is 2.80. The van der Waals surface area contributed by atoms with Crippen LogP contribution in [0.2, 0.25) is 0 Å². The molecular weight excluding hydrogens is 357 g/mol. The van der Waals surface area contributed by atoms with Crippen molar-refractivity contribution < 1.29 is 13.2 Å². The van der Waals surface area contributed by atoms with Gasteiger partial charge in [0.05, 0.1) is 5.56 Å². The molecule has 0 unspecified atom stereocenters. The lowest BCUT2D eigenvalue weighted by atomic mass is 9.97. The van der Waals surface area contributed by atoms with Crippen molar-refractivity contribution in [1.82, 2.24) is 10.2 Å². The number of nitrogens with one attached hydrogen (secondary N) is 1. The first kappa shape index (κ1) is 17.5. The predicted octanol–water partition coefficient (Wildman–Crippen LogP) is 4.38. The molecule has 1 aliphatic heterocycles. The summed E-state index contributed by atoms with van der Waals surface area (Å²) in [6.07, 6.45) is -0.956. The number of hydrogen-bond acceptors (Lipinski definition) is 2. The SMILES string of the molecule is C=CCC[C@@H](c1cc(Br)cc(C(F)(F)F)c1)N1CCNCC1. The highest BCUT2D eigenvalue weighted by atomic mass is 79.9. The largest absolute Gasteiger partial charge is 0.416 e. The number of hydrogen-bond donors (Lipinski definition) is 1. The number of nitrogens with zero attached hydrogens (tertiary/aromatic N) is 1.